The van der Waals surface area contributed by atoms with E-state index in [-0.39, 0.29) is 28.4 Å². The summed E-state index contributed by atoms with van der Waals surface area (Å²) in [5, 5.41) is 0. The standard InChI is InChI=1S/C25H23FN2O4S/c1-17(29)19-6-14-24(15-7-19)33(31,32)27-22-10-4-20(5-11-22)25(30)28(23-12-13-23)16-18-2-8-21(26)9-3-18/h2-11,14-15,23,27H,12-13,16H2,1H3. The third-order valence-electron chi connectivity index (χ3n) is 5.47. The lowest BCUT2D eigenvalue weighted by Crippen LogP contribution is -2.32. The molecule has 0 bridgehead atoms. The van der Waals surface area contributed by atoms with Crippen LogP contribution < -0.4 is 4.72 Å². The van der Waals surface area contributed by atoms with Crippen LogP contribution in [0.4, 0.5) is 10.1 Å². The predicted octanol–water partition coefficient (Wildman–Crippen LogP) is 4.63. The number of nitrogens with one attached hydrogen (secondary N) is 1. The molecule has 1 fully saturated rings. The van der Waals surface area contributed by atoms with Crippen molar-refractivity contribution in [1.29, 1.82) is 0 Å². The number of amides is 1. The Morgan fingerprint density at radius 1 is 0.909 bits per heavy atom. The molecule has 3 aromatic carbocycles. The first-order valence-electron chi connectivity index (χ1n) is 10.5. The van der Waals surface area contributed by atoms with Gasteiger partial charge < -0.3 is 4.90 Å². The van der Waals surface area contributed by atoms with E-state index in [1.54, 1.807) is 29.2 Å². The molecular weight excluding hydrogens is 443 g/mol. The molecule has 1 aliphatic rings. The Bertz CT molecular complexity index is 1270. The van der Waals surface area contributed by atoms with E-state index in [0.717, 1.165) is 18.4 Å². The Morgan fingerprint density at radius 2 is 1.48 bits per heavy atom. The van der Waals surface area contributed by atoms with Crippen LogP contribution in [0, 0.1) is 5.82 Å². The second kappa shape index (κ2) is 9.15. The summed E-state index contributed by atoms with van der Waals surface area (Å²) in [6.45, 7) is 1.79. The van der Waals surface area contributed by atoms with Gasteiger partial charge in [0.05, 0.1) is 4.90 Å². The smallest absolute Gasteiger partial charge is 0.261 e. The Balaban J connectivity index is 1.47. The molecule has 0 heterocycles. The fourth-order valence-electron chi connectivity index (χ4n) is 3.47. The molecule has 0 unspecified atom stereocenters. The molecule has 0 spiro atoms. The van der Waals surface area contributed by atoms with E-state index in [0.29, 0.717) is 23.4 Å². The summed E-state index contributed by atoms with van der Waals surface area (Å²) in [6, 6.07) is 18.2. The maximum absolute atomic E-state index is 13.2. The summed E-state index contributed by atoms with van der Waals surface area (Å²) in [7, 11) is -3.84. The predicted molar refractivity (Wildman–Crippen MR) is 123 cm³/mol. The first kappa shape index (κ1) is 22.7. The Morgan fingerprint density at radius 3 is 2.03 bits per heavy atom. The van der Waals surface area contributed by atoms with Gasteiger partial charge in [0.25, 0.3) is 15.9 Å². The Kier molecular flexibility index (Phi) is 6.29. The molecule has 1 N–H and O–H groups in total. The monoisotopic (exact) mass is 466 g/mol. The van der Waals surface area contributed by atoms with Gasteiger partial charge in [0, 0.05) is 29.4 Å². The van der Waals surface area contributed by atoms with E-state index in [9.17, 15) is 22.4 Å². The van der Waals surface area contributed by atoms with Crippen molar-refractivity contribution in [3.05, 3.63) is 95.3 Å². The first-order chi connectivity index (χ1) is 15.7. The van der Waals surface area contributed by atoms with Crippen molar-refractivity contribution in [3.63, 3.8) is 0 Å². The molecule has 6 nitrogen and oxygen atoms in total. The minimum Gasteiger partial charge on any atom is -0.331 e. The summed E-state index contributed by atoms with van der Waals surface area (Å²) in [4.78, 5) is 26.3. The van der Waals surface area contributed by atoms with E-state index in [1.165, 1.54) is 55.5 Å². The van der Waals surface area contributed by atoms with Crippen LogP contribution in [0.1, 0.15) is 46.0 Å². The fraction of sp³-hybridized carbons (Fsp3) is 0.200. The lowest BCUT2D eigenvalue weighted by molar-refractivity contribution is 0.0729. The summed E-state index contributed by atoms with van der Waals surface area (Å²) in [6.07, 6.45) is 1.85. The molecule has 8 heteroatoms. The molecule has 0 saturated heterocycles. The number of anilines is 1. The summed E-state index contributed by atoms with van der Waals surface area (Å²) in [5.41, 5.74) is 2.03. The zero-order chi connectivity index (χ0) is 23.6. The van der Waals surface area contributed by atoms with E-state index in [1.807, 2.05) is 0 Å². The zero-order valence-electron chi connectivity index (χ0n) is 18.0. The van der Waals surface area contributed by atoms with Gasteiger partial charge in [0.1, 0.15) is 5.82 Å². The highest BCUT2D eigenvalue weighted by Gasteiger charge is 2.33. The number of Topliss-reactive ketones (excluding diaryl/α,β-unsaturated/α-hetero) is 1. The molecule has 0 aromatic heterocycles. The minimum atomic E-state index is -3.84. The SMILES string of the molecule is CC(=O)c1ccc(S(=O)(=O)Nc2ccc(C(=O)N(Cc3ccc(F)cc3)C3CC3)cc2)cc1. The average molecular weight is 467 g/mol. The molecule has 1 aliphatic carbocycles. The quantitative estimate of drug-likeness (QED) is 0.491. The molecule has 0 aliphatic heterocycles. The van der Waals surface area contributed by atoms with E-state index >= 15 is 0 Å². The van der Waals surface area contributed by atoms with Crippen molar-refractivity contribution in [2.45, 2.75) is 37.2 Å². The molecule has 1 saturated carbocycles. The molecule has 3 aromatic rings. The summed E-state index contributed by atoms with van der Waals surface area (Å²) >= 11 is 0. The summed E-state index contributed by atoms with van der Waals surface area (Å²) < 4.78 is 40.9. The van der Waals surface area contributed by atoms with Gasteiger partial charge >= 0.3 is 0 Å². The molecule has 0 radical (unpaired) electrons. The Labute approximate surface area is 192 Å². The number of hydrogen-bond donors (Lipinski definition) is 1. The van der Waals surface area contributed by atoms with Gasteiger partial charge in [-0.05, 0) is 73.9 Å². The lowest BCUT2D eigenvalue weighted by Gasteiger charge is -2.23. The van der Waals surface area contributed by atoms with Crippen molar-refractivity contribution < 1.29 is 22.4 Å². The minimum absolute atomic E-state index is 0.0341. The van der Waals surface area contributed by atoms with Gasteiger partial charge in [-0.1, -0.05) is 24.3 Å². The topological polar surface area (TPSA) is 83.5 Å². The number of benzene rings is 3. The van der Waals surface area contributed by atoms with Gasteiger partial charge in [-0.2, -0.15) is 0 Å². The van der Waals surface area contributed by atoms with Crippen LogP contribution in [0.2, 0.25) is 0 Å². The third-order valence-corrected chi connectivity index (χ3v) is 6.87. The van der Waals surface area contributed by atoms with Crippen LogP contribution in [-0.4, -0.2) is 31.0 Å². The third kappa shape index (κ3) is 5.46. The number of carbonyl (C=O) groups excluding carboxylic acids is 2. The molecule has 170 valence electrons. The first-order valence-corrected chi connectivity index (χ1v) is 12.0. The average Bonchev–Trinajstić information content (AvgIpc) is 3.64. The number of carbonyl (C=O) groups is 2. The van der Waals surface area contributed by atoms with E-state index in [2.05, 4.69) is 4.72 Å². The zero-order valence-corrected chi connectivity index (χ0v) is 18.8. The molecular formula is C25H23FN2O4S. The van der Waals surface area contributed by atoms with Gasteiger partial charge in [-0.25, -0.2) is 12.8 Å². The van der Waals surface area contributed by atoms with Gasteiger partial charge in [-0.15, -0.1) is 0 Å². The highest BCUT2D eigenvalue weighted by Crippen LogP contribution is 2.30. The molecule has 0 atom stereocenters. The number of hydrogen-bond acceptors (Lipinski definition) is 4. The second-order valence-electron chi connectivity index (χ2n) is 8.05. The van der Waals surface area contributed by atoms with Crippen molar-refractivity contribution >= 4 is 27.4 Å². The van der Waals surface area contributed by atoms with Crippen LogP contribution in [0.15, 0.2) is 77.7 Å². The molecule has 1 amide bonds. The lowest BCUT2D eigenvalue weighted by atomic mass is 10.1. The van der Waals surface area contributed by atoms with Gasteiger partial charge in [-0.3, -0.25) is 14.3 Å². The highest BCUT2D eigenvalue weighted by atomic mass is 32.2. The largest absolute Gasteiger partial charge is 0.331 e. The second-order valence-corrected chi connectivity index (χ2v) is 9.74. The van der Waals surface area contributed by atoms with Crippen molar-refractivity contribution in [2.24, 2.45) is 0 Å². The maximum atomic E-state index is 13.2. The molecule has 33 heavy (non-hydrogen) atoms. The van der Waals surface area contributed by atoms with Crippen molar-refractivity contribution in [1.82, 2.24) is 4.90 Å². The maximum Gasteiger partial charge on any atom is 0.261 e. The van der Waals surface area contributed by atoms with Gasteiger partial charge in [0.2, 0.25) is 0 Å². The van der Waals surface area contributed by atoms with Crippen molar-refractivity contribution in [3.8, 4) is 0 Å². The molecule has 4 rings (SSSR count). The Hall–Kier alpha value is -3.52. The number of ketones is 1. The fourth-order valence-corrected chi connectivity index (χ4v) is 4.53. The number of halogens is 1. The number of sulfonamides is 1. The van der Waals surface area contributed by atoms with Crippen LogP contribution >= 0.6 is 0 Å². The van der Waals surface area contributed by atoms with Gasteiger partial charge in [0.15, 0.2) is 5.78 Å². The highest BCUT2D eigenvalue weighted by molar-refractivity contribution is 7.92. The van der Waals surface area contributed by atoms with Crippen LogP contribution in [-0.2, 0) is 16.6 Å². The van der Waals surface area contributed by atoms with Crippen LogP contribution in [0.25, 0.3) is 0 Å². The number of nitrogens with zero attached hydrogens (tertiary/aromatic N) is 1. The van der Waals surface area contributed by atoms with E-state index in [4.69, 9.17) is 0 Å². The summed E-state index contributed by atoms with van der Waals surface area (Å²) in [5.74, 6) is -0.626. The van der Waals surface area contributed by atoms with Crippen LogP contribution in [0.3, 0.4) is 0 Å². The van der Waals surface area contributed by atoms with E-state index < -0.39 is 10.0 Å². The normalized spacial score (nSPS) is 13.4. The van der Waals surface area contributed by atoms with Crippen molar-refractivity contribution in [2.75, 3.05) is 4.72 Å². The van der Waals surface area contributed by atoms with Crippen LogP contribution in [0.5, 0.6) is 0 Å². The number of rotatable bonds is 8.